The number of amides is 2. The highest BCUT2D eigenvalue weighted by molar-refractivity contribution is 7.90. The summed E-state index contributed by atoms with van der Waals surface area (Å²) in [6.45, 7) is 7.37. The highest BCUT2D eigenvalue weighted by atomic mass is 32.2. The molecule has 1 aromatic carbocycles. The third-order valence-corrected chi connectivity index (χ3v) is 10.4. The molecule has 0 bridgehead atoms. The molecule has 206 valence electrons. The number of anilines is 1. The zero-order valence-corrected chi connectivity index (χ0v) is 23.2. The number of aromatic nitrogens is 3. The van der Waals surface area contributed by atoms with Gasteiger partial charge in [-0.3, -0.25) is 15.6 Å². The van der Waals surface area contributed by atoms with E-state index in [4.69, 9.17) is 4.74 Å². The Kier molecular flexibility index (Phi) is 5.36. The molecule has 3 aliphatic rings. The predicted molar refractivity (Wildman–Crippen MR) is 143 cm³/mol. The van der Waals surface area contributed by atoms with Gasteiger partial charge in [-0.05, 0) is 78.0 Å². The number of carbonyl (C=O) groups excluding carboxylic acids is 2. The summed E-state index contributed by atoms with van der Waals surface area (Å²) in [6.07, 6.45) is 6.17. The van der Waals surface area contributed by atoms with Crippen LogP contribution in [0.25, 0.3) is 11.2 Å². The minimum Gasteiger partial charge on any atom is -0.444 e. The third kappa shape index (κ3) is 3.79. The fourth-order valence-electron chi connectivity index (χ4n) is 6.65. The Hall–Kier alpha value is -3.67. The van der Waals surface area contributed by atoms with Crippen molar-refractivity contribution < 1.29 is 22.7 Å². The molecule has 1 spiro atoms. The second kappa shape index (κ2) is 8.17. The van der Waals surface area contributed by atoms with Gasteiger partial charge in [0, 0.05) is 11.6 Å². The average Bonchev–Trinajstić information content (AvgIpc) is 3.25. The first kappa shape index (κ1) is 25.6. The minimum absolute atomic E-state index is 0.138. The van der Waals surface area contributed by atoms with E-state index in [0.717, 1.165) is 35.2 Å². The molecular weight excluding hydrogens is 520 g/mol. The van der Waals surface area contributed by atoms with Crippen molar-refractivity contribution in [1.29, 1.82) is 0 Å². The molecule has 2 aromatic heterocycles. The van der Waals surface area contributed by atoms with Crippen LogP contribution in [-0.2, 0) is 19.6 Å². The Labute approximate surface area is 226 Å². The Morgan fingerprint density at radius 1 is 1.05 bits per heavy atom. The van der Waals surface area contributed by atoms with Gasteiger partial charge >= 0.3 is 6.09 Å². The van der Waals surface area contributed by atoms with Crippen molar-refractivity contribution in [3.05, 3.63) is 48.3 Å². The van der Waals surface area contributed by atoms with Crippen LogP contribution in [0.1, 0.15) is 58.4 Å². The molecular formula is C27H32N6O5S. The highest BCUT2D eigenvalue weighted by Gasteiger charge is 2.86. The first-order valence-corrected chi connectivity index (χ1v) is 14.5. The fourth-order valence-corrected chi connectivity index (χ4v) is 7.95. The monoisotopic (exact) mass is 552 g/mol. The summed E-state index contributed by atoms with van der Waals surface area (Å²) in [5.74, 6) is 0.151. The van der Waals surface area contributed by atoms with Crippen molar-refractivity contribution in [3.8, 4) is 0 Å². The van der Waals surface area contributed by atoms with Gasteiger partial charge in [-0.2, -0.15) is 0 Å². The molecule has 2 heterocycles. The molecule has 11 nitrogen and oxygen atoms in total. The number of alkyl carbamates (subject to hydrolysis) is 1. The van der Waals surface area contributed by atoms with Gasteiger partial charge in [0.15, 0.2) is 11.5 Å². The maximum Gasteiger partial charge on any atom is 0.408 e. The number of rotatable bonds is 6. The molecule has 3 N–H and O–H groups in total. The number of nitrogens with one attached hydrogen (secondary N) is 3. The van der Waals surface area contributed by atoms with Crippen LogP contribution in [0.3, 0.4) is 0 Å². The summed E-state index contributed by atoms with van der Waals surface area (Å²) < 4.78 is 32.8. The standard InChI is InChI=1S/C27H32N6O5S/c1-17-5-7-18(8-6-17)39(36,37)33-14-9-19-21(33)28-15-20(29-19)31-32-22(34)25-10-12-26(25)16-27(26,13-11-25)30-23(35)38-24(2,3)4/h5-9,14-15H,10-13,16H2,1-4H3,(H,29,31)(H,30,35)(H,32,34). The Bertz CT molecular complexity index is 1610. The summed E-state index contributed by atoms with van der Waals surface area (Å²) in [6, 6.07) is 8.17. The number of fused-ring (bicyclic) bond motifs is 1. The van der Waals surface area contributed by atoms with Gasteiger partial charge in [0.2, 0.25) is 5.91 Å². The van der Waals surface area contributed by atoms with Gasteiger partial charge in [0.1, 0.15) is 11.1 Å². The maximum absolute atomic E-state index is 13.4. The number of carbonyl (C=O) groups is 2. The van der Waals surface area contributed by atoms with Gasteiger partial charge in [-0.15, -0.1) is 0 Å². The van der Waals surface area contributed by atoms with Crippen LogP contribution in [0, 0.1) is 17.8 Å². The van der Waals surface area contributed by atoms with Crippen molar-refractivity contribution in [2.75, 3.05) is 5.43 Å². The van der Waals surface area contributed by atoms with Crippen molar-refractivity contribution >= 4 is 39.0 Å². The molecule has 39 heavy (non-hydrogen) atoms. The quantitative estimate of drug-likeness (QED) is 0.393. The van der Waals surface area contributed by atoms with Gasteiger partial charge in [-0.25, -0.2) is 27.2 Å². The van der Waals surface area contributed by atoms with Crippen molar-refractivity contribution in [3.63, 3.8) is 0 Å². The van der Waals surface area contributed by atoms with Gasteiger partial charge in [-0.1, -0.05) is 17.7 Å². The zero-order valence-electron chi connectivity index (χ0n) is 22.4. The molecule has 12 heteroatoms. The van der Waals surface area contributed by atoms with Crippen molar-refractivity contribution in [1.82, 2.24) is 24.7 Å². The van der Waals surface area contributed by atoms with Crippen molar-refractivity contribution in [2.24, 2.45) is 10.8 Å². The average molecular weight is 553 g/mol. The molecule has 3 aromatic rings. The summed E-state index contributed by atoms with van der Waals surface area (Å²) in [4.78, 5) is 34.8. The summed E-state index contributed by atoms with van der Waals surface area (Å²) >= 11 is 0. The summed E-state index contributed by atoms with van der Waals surface area (Å²) in [5, 5.41) is 3.08. The summed E-state index contributed by atoms with van der Waals surface area (Å²) in [5.41, 5.74) is 5.38. The Morgan fingerprint density at radius 2 is 1.77 bits per heavy atom. The normalized spacial score (nSPS) is 27.2. The first-order valence-electron chi connectivity index (χ1n) is 13.1. The second-order valence-electron chi connectivity index (χ2n) is 12.0. The van der Waals surface area contributed by atoms with E-state index in [0.29, 0.717) is 11.9 Å². The smallest absolute Gasteiger partial charge is 0.408 e. The van der Waals surface area contributed by atoms with E-state index < -0.39 is 32.7 Å². The predicted octanol–water partition coefficient (Wildman–Crippen LogP) is 3.65. The van der Waals surface area contributed by atoms with Gasteiger partial charge < -0.3 is 10.1 Å². The third-order valence-electron chi connectivity index (χ3n) is 8.68. The number of hydrogen-bond acceptors (Lipinski definition) is 8. The molecule has 0 saturated heterocycles. The molecule has 6 rings (SSSR count). The van der Waals surface area contributed by atoms with E-state index in [2.05, 4.69) is 26.1 Å². The van der Waals surface area contributed by atoms with Crippen LogP contribution in [0.15, 0.2) is 47.6 Å². The highest BCUT2D eigenvalue weighted by Crippen LogP contribution is 2.84. The number of hydrazine groups is 1. The minimum atomic E-state index is -3.84. The fraction of sp³-hybridized carbons (Fsp3) is 0.481. The molecule has 2 amide bonds. The molecule has 3 saturated carbocycles. The van der Waals surface area contributed by atoms with E-state index in [-0.39, 0.29) is 27.7 Å². The lowest BCUT2D eigenvalue weighted by Gasteiger charge is -2.47. The molecule has 3 unspecified atom stereocenters. The topological polar surface area (TPSA) is 144 Å². The van der Waals surface area contributed by atoms with Gasteiger partial charge in [0.25, 0.3) is 10.0 Å². The van der Waals surface area contributed by atoms with E-state index >= 15 is 0 Å². The molecule has 0 radical (unpaired) electrons. The van der Waals surface area contributed by atoms with Crippen LogP contribution in [0.2, 0.25) is 0 Å². The lowest BCUT2D eigenvalue weighted by atomic mass is 9.57. The number of hydrogen-bond donors (Lipinski definition) is 3. The first-order chi connectivity index (χ1) is 18.3. The lowest BCUT2D eigenvalue weighted by Crippen LogP contribution is -2.55. The van der Waals surface area contributed by atoms with Crippen LogP contribution < -0.4 is 16.2 Å². The largest absolute Gasteiger partial charge is 0.444 e. The Morgan fingerprint density at radius 3 is 2.44 bits per heavy atom. The number of benzene rings is 1. The zero-order chi connectivity index (χ0) is 27.8. The van der Waals surface area contributed by atoms with E-state index in [1.54, 1.807) is 30.3 Å². The molecule has 3 aliphatic carbocycles. The van der Waals surface area contributed by atoms with E-state index in [1.807, 2.05) is 27.7 Å². The molecule has 3 fully saturated rings. The lowest BCUT2D eigenvalue weighted by molar-refractivity contribution is -0.143. The number of nitrogens with zero attached hydrogens (tertiary/aromatic N) is 3. The molecule has 0 aliphatic heterocycles. The van der Waals surface area contributed by atoms with Crippen LogP contribution in [0.5, 0.6) is 0 Å². The van der Waals surface area contributed by atoms with Crippen LogP contribution >= 0.6 is 0 Å². The number of ether oxygens (including phenoxy) is 1. The van der Waals surface area contributed by atoms with Crippen LogP contribution in [0.4, 0.5) is 10.6 Å². The number of aryl methyl sites for hydroxylation is 1. The Balaban J connectivity index is 1.14. The van der Waals surface area contributed by atoms with E-state index in [9.17, 15) is 18.0 Å². The SMILES string of the molecule is Cc1ccc(S(=O)(=O)n2ccc3nc(NNC(=O)C45CCC6(NC(=O)OC(C)(C)C)CC64CC5)cnc32)cc1. The maximum atomic E-state index is 13.4. The van der Waals surface area contributed by atoms with Gasteiger partial charge in [0.05, 0.1) is 22.0 Å². The molecule has 3 atom stereocenters. The van der Waals surface area contributed by atoms with Crippen LogP contribution in [-0.4, -0.2) is 45.5 Å². The summed E-state index contributed by atoms with van der Waals surface area (Å²) in [7, 11) is -3.84. The van der Waals surface area contributed by atoms with E-state index in [1.165, 1.54) is 12.4 Å². The van der Waals surface area contributed by atoms with Crippen molar-refractivity contribution in [2.45, 2.75) is 75.8 Å². The second-order valence-corrected chi connectivity index (χ2v) is 13.8.